The Bertz CT molecular complexity index is 1550. The van der Waals surface area contributed by atoms with Crippen LogP contribution < -0.4 is 10.6 Å². The minimum absolute atomic E-state index is 0.204. The maximum atomic E-state index is 13.0. The van der Waals surface area contributed by atoms with E-state index in [1.807, 2.05) is 64.2 Å². The van der Waals surface area contributed by atoms with Crippen molar-refractivity contribution < 1.29 is 4.79 Å². The zero-order valence-corrected chi connectivity index (χ0v) is 21.6. The third-order valence-corrected chi connectivity index (χ3v) is 5.91. The van der Waals surface area contributed by atoms with Crippen LogP contribution in [0.1, 0.15) is 52.5 Å². The number of pyridine rings is 2. The molecule has 1 atom stereocenters. The molecule has 0 aliphatic heterocycles. The number of carbonyl (C=O) groups excluding carboxylic acids is 1. The lowest BCUT2D eigenvalue weighted by Crippen LogP contribution is -2.29. The van der Waals surface area contributed by atoms with Crippen LogP contribution in [0, 0.1) is 20.8 Å². The van der Waals surface area contributed by atoms with Gasteiger partial charge >= 0.3 is 0 Å². The zero-order valence-electron chi connectivity index (χ0n) is 21.6. The highest BCUT2D eigenvalue weighted by atomic mass is 16.1. The lowest BCUT2D eigenvalue weighted by molar-refractivity contribution is 0.0930. The first-order chi connectivity index (χ1) is 18.4. The molecule has 0 fully saturated rings. The van der Waals surface area contributed by atoms with Gasteiger partial charge in [0.05, 0.1) is 11.7 Å². The third kappa shape index (κ3) is 5.56. The molecule has 0 saturated heterocycles. The molecule has 5 heterocycles. The van der Waals surface area contributed by atoms with Gasteiger partial charge in [0.25, 0.3) is 5.91 Å². The minimum Gasteiger partial charge on any atom is -0.344 e. The molecule has 0 spiro atoms. The Kier molecular flexibility index (Phi) is 6.90. The molecule has 5 aromatic heterocycles. The van der Waals surface area contributed by atoms with E-state index in [-0.39, 0.29) is 11.9 Å². The van der Waals surface area contributed by atoms with E-state index in [1.165, 1.54) is 0 Å². The van der Waals surface area contributed by atoms with Crippen LogP contribution in [0.5, 0.6) is 0 Å². The van der Waals surface area contributed by atoms with Crippen molar-refractivity contribution in [2.75, 3.05) is 5.32 Å². The summed E-state index contributed by atoms with van der Waals surface area (Å²) < 4.78 is 1.72. The van der Waals surface area contributed by atoms with Gasteiger partial charge in [0, 0.05) is 47.7 Å². The molecular formula is C27H28N10O. The fraction of sp³-hybridized carbons (Fsp3) is 0.222. The lowest BCUT2D eigenvalue weighted by atomic mass is 10.1. The molecule has 3 N–H and O–H groups in total. The van der Waals surface area contributed by atoms with E-state index in [1.54, 1.807) is 29.2 Å². The number of hydrogen-bond donors (Lipinski definition) is 3. The SMILES string of the molecule is CC[C@@H](NC(=O)c1ccc(-c2nc(C)cc(Nc3cc(C)[nH]n3)n2)cn1)c1ccc(-n2ccc(C)n2)nc1. The predicted octanol–water partition coefficient (Wildman–Crippen LogP) is 4.39. The third-order valence-electron chi connectivity index (χ3n) is 5.91. The van der Waals surface area contributed by atoms with Crippen LogP contribution in [0.3, 0.4) is 0 Å². The van der Waals surface area contributed by atoms with Crippen LogP contribution in [0.4, 0.5) is 11.6 Å². The van der Waals surface area contributed by atoms with Crippen molar-refractivity contribution in [3.63, 3.8) is 0 Å². The average molecular weight is 509 g/mol. The van der Waals surface area contributed by atoms with E-state index in [0.717, 1.165) is 28.5 Å². The summed E-state index contributed by atoms with van der Waals surface area (Å²) in [5.74, 6) is 2.25. The van der Waals surface area contributed by atoms with E-state index in [2.05, 4.69) is 45.9 Å². The van der Waals surface area contributed by atoms with Crippen LogP contribution in [0.2, 0.25) is 0 Å². The monoisotopic (exact) mass is 508 g/mol. The largest absolute Gasteiger partial charge is 0.344 e. The van der Waals surface area contributed by atoms with Gasteiger partial charge in [0.2, 0.25) is 0 Å². The zero-order chi connectivity index (χ0) is 26.6. The van der Waals surface area contributed by atoms with Gasteiger partial charge in [-0.1, -0.05) is 13.0 Å². The van der Waals surface area contributed by atoms with Gasteiger partial charge in [-0.25, -0.2) is 19.6 Å². The van der Waals surface area contributed by atoms with Crippen LogP contribution in [-0.4, -0.2) is 45.8 Å². The second-order valence-electron chi connectivity index (χ2n) is 9.00. The quantitative estimate of drug-likeness (QED) is 0.280. The fourth-order valence-electron chi connectivity index (χ4n) is 3.97. The first-order valence-corrected chi connectivity index (χ1v) is 12.3. The molecule has 0 aliphatic carbocycles. The number of aromatic nitrogens is 8. The van der Waals surface area contributed by atoms with Crippen LogP contribution in [-0.2, 0) is 0 Å². The van der Waals surface area contributed by atoms with Crippen LogP contribution in [0.25, 0.3) is 17.2 Å². The second kappa shape index (κ2) is 10.6. The Hall–Kier alpha value is -4.93. The highest BCUT2D eigenvalue weighted by molar-refractivity contribution is 5.92. The van der Waals surface area contributed by atoms with Gasteiger partial charge in [-0.3, -0.25) is 14.9 Å². The van der Waals surface area contributed by atoms with E-state index in [4.69, 9.17) is 0 Å². The highest BCUT2D eigenvalue weighted by Gasteiger charge is 2.17. The number of nitrogens with zero attached hydrogens (tertiary/aromatic N) is 7. The first kappa shape index (κ1) is 24.8. The summed E-state index contributed by atoms with van der Waals surface area (Å²) in [6.45, 7) is 7.76. The van der Waals surface area contributed by atoms with Crippen molar-refractivity contribution in [2.24, 2.45) is 0 Å². The summed E-state index contributed by atoms with van der Waals surface area (Å²) in [6, 6.07) is 12.8. The number of H-pyrrole nitrogens is 1. The summed E-state index contributed by atoms with van der Waals surface area (Å²) in [7, 11) is 0. The normalized spacial score (nSPS) is 11.8. The molecule has 0 unspecified atom stereocenters. The molecule has 0 aromatic carbocycles. The van der Waals surface area contributed by atoms with E-state index >= 15 is 0 Å². The van der Waals surface area contributed by atoms with Crippen LogP contribution >= 0.6 is 0 Å². The minimum atomic E-state index is -0.267. The number of amides is 1. The molecular weight excluding hydrogens is 480 g/mol. The molecule has 192 valence electrons. The van der Waals surface area contributed by atoms with Gasteiger partial charge < -0.3 is 10.6 Å². The Morgan fingerprint density at radius 3 is 2.47 bits per heavy atom. The Morgan fingerprint density at radius 1 is 0.974 bits per heavy atom. The summed E-state index contributed by atoms with van der Waals surface area (Å²) in [5.41, 5.74) is 4.57. The van der Waals surface area contributed by atoms with Crippen molar-refractivity contribution in [1.82, 2.24) is 45.2 Å². The Balaban J connectivity index is 1.28. The molecule has 11 heteroatoms. The van der Waals surface area contributed by atoms with E-state index < -0.39 is 0 Å². The van der Waals surface area contributed by atoms with Gasteiger partial charge in [-0.2, -0.15) is 10.2 Å². The lowest BCUT2D eigenvalue weighted by Gasteiger charge is -2.17. The van der Waals surface area contributed by atoms with Crippen molar-refractivity contribution in [2.45, 2.75) is 40.2 Å². The van der Waals surface area contributed by atoms with Gasteiger partial charge in [-0.15, -0.1) is 0 Å². The molecule has 0 saturated carbocycles. The van der Waals surface area contributed by atoms with Gasteiger partial charge in [0.15, 0.2) is 17.5 Å². The van der Waals surface area contributed by atoms with Gasteiger partial charge in [0.1, 0.15) is 11.5 Å². The summed E-state index contributed by atoms with van der Waals surface area (Å²) in [6.07, 6.45) is 5.94. The Morgan fingerprint density at radius 2 is 1.84 bits per heavy atom. The molecule has 38 heavy (non-hydrogen) atoms. The summed E-state index contributed by atoms with van der Waals surface area (Å²) in [4.78, 5) is 31.0. The van der Waals surface area contributed by atoms with Gasteiger partial charge in [-0.05, 0) is 57.0 Å². The molecule has 5 aromatic rings. The summed E-state index contributed by atoms with van der Waals surface area (Å²) >= 11 is 0. The Labute approximate surface area is 219 Å². The first-order valence-electron chi connectivity index (χ1n) is 12.3. The fourth-order valence-corrected chi connectivity index (χ4v) is 3.97. The number of carbonyl (C=O) groups is 1. The smallest absolute Gasteiger partial charge is 0.270 e. The highest BCUT2D eigenvalue weighted by Crippen LogP contribution is 2.21. The standard InChI is InChI=1S/C27H28N10O/c1-5-21(19-7-9-25(29-14-19)37-11-10-16(2)36-37)31-27(38)22-8-6-20(15-28-22)26-30-17(3)12-23(33-26)32-24-13-18(4)34-35-24/h6-15,21H,5H2,1-4H3,(H,31,38)(H2,30,32,33,34,35)/t21-/m1/s1. The maximum absolute atomic E-state index is 13.0. The molecule has 0 aliphatic rings. The van der Waals surface area contributed by atoms with E-state index in [0.29, 0.717) is 35.1 Å². The molecule has 11 nitrogen and oxygen atoms in total. The summed E-state index contributed by atoms with van der Waals surface area (Å²) in [5, 5.41) is 17.7. The van der Waals surface area contributed by atoms with Crippen molar-refractivity contribution in [1.29, 1.82) is 0 Å². The molecule has 5 rings (SSSR count). The number of rotatable bonds is 8. The van der Waals surface area contributed by atoms with Crippen molar-refractivity contribution in [3.05, 3.63) is 89.4 Å². The van der Waals surface area contributed by atoms with E-state index in [9.17, 15) is 4.79 Å². The van der Waals surface area contributed by atoms with Crippen molar-refractivity contribution in [3.8, 4) is 17.2 Å². The molecule has 1 amide bonds. The average Bonchev–Trinajstić information content (AvgIpc) is 3.54. The van der Waals surface area contributed by atoms with Crippen molar-refractivity contribution >= 4 is 17.5 Å². The predicted molar refractivity (Wildman–Crippen MR) is 143 cm³/mol. The number of hydrogen-bond acceptors (Lipinski definition) is 8. The maximum Gasteiger partial charge on any atom is 0.270 e. The second-order valence-corrected chi connectivity index (χ2v) is 9.00. The number of aromatic amines is 1. The topological polar surface area (TPSA) is 139 Å². The van der Waals surface area contributed by atoms with Crippen LogP contribution in [0.15, 0.2) is 61.1 Å². The number of anilines is 2. The number of aryl methyl sites for hydroxylation is 3. The molecule has 0 radical (unpaired) electrons. The number of nitrogens with one attached hydrogen (secondary N) is 3. The molecule has 0 bridgehead atoms.